The van der Waals surface area contributed by atoms with Gasteiger partial charge in [0.1, 0.15) is 0 Å². The SMILES string of the molecule is CNC(CSc1ccc2c(c1)CCC2)C1CCCC1. The van der Waals surface area contributed by atoms with E-state index in [1.54, 1.807) is 11.1 Å². The van der Waals surface area contributed by atoms with Gasteiger partial charge in [-0.05, 0) is 68.3 Å². The maximum Gasteiger partial charge on any atom is 0.0186 e. The molecule has 0 spiro atoms. The van der Waals surface area contributed by atoms with Crippen molar-refractivity contribution >= 4 is 11.8 Å². The van der Waals surface area contributed by atoms with Crippen molar-refractivity contribution in [3.63, 3.8) is 0 Å². The number of benzene rings is 1. The number of thioether (sulfide) groups is 1. The molecule has 0 heterocycles. The van der Waals surface area contributed by atoms with Crippen LogP contribution in [0.5, 0.6) is 0 Å². The van der Waals surface area contributed by atoms with Crippen LogP contribution in [0.25, 0.3) is 0 Å². The van der Waals surface area contributed by atoms with Gasteiger partial charge in [-0.15, -0.1) is 11.8 Å². The lowest BCUT2D eigenvalue weighted by Gasteiger charge is -2.22. The first kappa shape index (κ1) is 13.5. The molecule has 104 valence electrons. The molecule has 2 aliphatic rings. The molecule has 0 saturated heterocycles. The van der Waals surface area contributed by atoms with E-state index in [2.05, 4.69) is 30.6 Å². The van der Waals surface area contributed by atoms with Gasteiger partial charge in [-0.25, -0.2) is 0 Å². The topological polar surface area (TPSA) is 12.0 Å². The highest BCUT2D eigenvalue weighted by Crippen LogP contribution is 2.32. The second kappa shape index (κ2) is 6.32. The van der Waals surface area contributed by atoms with Crippen molar-refractivity contribution in [2.75, 3.05) is 12.8 Å². The highest BCUT2D eigenvalue weighted by Gasteiger charge is 2.23. The fourth-order valence-corrected chi connectivity index (χ4v) is 4.84. The molecule has 1 atom stereocenters. The molecule has 1 unspecified atom stereocenters. The van der Waals surface area contributed by atoms with E-state index >= 15 is 0 Å². The predicted molar refractivity (Wildman–Crippen MR) is 84.0 cm³/mol. The third-order valence-corrected chi connectivity index (χ3v) is 5.95. The molecule has 19 heavy (non-hydrogen) atoms. The number of fused-ring (bicyclic) bond motifs is 1. The van der Waals surface area contributed by atoms with Crippen LogP contribution in [0.1, 0.15) is 43.2 Å². The molecule has 0 amide bonds. The molecule has 1 saturated carbocycles. The molecule has 1 nitrogen and oxygen atoms in total. The summed E-state index contributed by atoms with van der Waals surface area (Å²) in [5, 5.41) is 3.55. The summed E-state index contributed by atoms with van der Waals surface area (Å²) in [4.78, 5) is 1.47. The Kier molecular flexibility index (Phi) is 4.49. The Morgan fingerprint density at radius 3 is 2.74 bits per heavy atom. The van der Waals surface area contributed by atoms with E-state index in [1.807, 2.05) is 11.8 Å². The van der Waals surface area contributed by atoms with Crippen LogP contribution in [0.3, 0.4) is 0 Å². The first-order valence-corrected chi connectivity index (χ1v) is 8.77. The summed E-state index contributed by atoms with van der Waals surface area (Å²) in [5.74, 6) is 2.13. The molecule has 1 aromatic rings. The summed E-state index contributed by atoms with van der Waals surface area (Å²) in [6.45, 7) is 0. The van der Waals surface area contributed by atoms with Crippen molar-refractivity contribution in [2.24, 2.45) is 5.92 Å². The zero-order valence-electron chi connectivity index (χ0n) is 12.0. The van der Waals surface area contributed by atoms with E-state index in [4.69, 9.17) is 0 Å². The molecule has 3 rings (SSSR count). The average Bonchev–Trinajstić information content (AvgIpc) is 3.10. The van der Waals surface area contributed by atoms with Gasteiger partial charge in [-0.3, -0.25) is 0 Å². The minimum atomic E-state index is 0.695. The Balaban J connectivity index is 1.58. The van der Waals surface area contributed by atoms with Gasteiger partial charge >= 0.3 is 0 Å². The second-order valence-corrected chi connectivity index (χ2v) is 7.13. The first-order chi connectivity index (χ1) is 9.36. The number of hydrogen-bond acceptors (Lipinski definition) is 2. The monoisotopic (exact) mass is 275 g/mol. The molecule has 1 N–H and O–H groups in total. The second-order valence-electron chi connectivity index (χ2n) is 6.03. The van der Waals surface area contributed by atoms with Crippen molar-refractivity contribution in [3.8, 4) is 0 Å². The molecule has 1 fully saturated rings. The molecule has 1 aromatic carbocycles. The minimum absolute atomic E-state index is 0.695. The molecule has 0 bridgehead atoms. The first-order valence-electron chi connectivity index (χ1n) is 7.78. The van der Waals surface area contributed by atoms with Crippen molar-refractivity contribution in [1.82, 2.24) is 5.32 Å². The van der Waals surface area contributed by atoms with Crippen LogP contribution in [0.2, 0.25) is 0 Å². The molecule has 0 radical (unpaired) electrons. The third kappa shape index (κ3) is 3.17. The molecule has 0 aromatic heterocycles. The largest absolute Gasteiger partial charge is 0.316 e. The standard InChI is InChI=1S/C17H25NS/c1-18-17(14-5-2-3-6-14)12-19-16-10-9-13-7-4-8-15(13)11-16/h9-11,14,17-18H,2-8,12H2,1H3. The van der Waals surface area contributed by atoms with E-state index in [0.29, 0.717) is 6.04 Å². The smallest absolute Gasteiger partial charge is 0.0186 e. The molecular weight excluding hydrogens is 250 g/mol. The number of hydrogen-bond donors (Lipinski definition) is 1. The maximum absolute atomic E-state index is 3.55. The van der Waals surface area contributed by atoms with E-state index in [1.165, 1.54) is 55.6 Å². The Bertz CT molecular complexity index is 423. The predicted octanol–water partition coefficient (Wildman–Crippen LogP) is 4.05. The Morgan fingerprint density at radius 2 is 1.95 bits per heavy atom. The Hall–Kier alpha value is -0.470. The Labute approximate surface area is 121 Å². The van der Waals surface area contributed by atoms with E-state index in [-0.39, 0.29) is 0 Å². The van der Waals surface area contributed by atoms with Gasteiger partial charge in [0.25, 0.3) is 0 Å². The van der Waals surface area contributed by atoms with E-state index in [9.17, 15) is 0 Å². The zero-order chi connectivity index (χ0) is 13.1. The Morgan fingerprint density at radius 1 is 1.16 bits per heavy atom. The van der Waals surface area contributed by atoms with Crippen molar-refractivity contribution in [1.29, 1.82) is 0 Å². The summed E-state index contributed by atoms with van der Waals surface area (Å²) in [7, 11) is 2.13. The quantitative estimate of drug-likeness (QED) is 0.814. The van der Waals surface area contributed by atoms with Crippen LogP contribution in [-0.2, 0) is 12.8 Å². The number of nitrogens with one attached hydrogen (secondary N) is 1. The minimum Gasteiger partial charge on any atom is -0.316 e. The zero-order valence-corrected chi connectivity index (χ0v) is 12.8. The molecule has 2 heteroatoms. The van der Waals surface area contributed by atoms with Crippen molar-refractivity contribution in [2.45, 2.75) is 55.9 Å². The lowest BCUT2D eigenvalue weighted by atomic mass is 10.0. The van der Waals surface area contributed by atoms with Gasteiger partial charge in [0.05, 0.1) is 0 Å². The van der Waals surface area contributed by atoms with Gasteiger partial charge < -0.3 is 5.32 Å². The maximum atomic E-state index is 3.55. The van der Waals surface area contributed by atoms with Gasteiger partial charge in [-0.2, -0.15) is 0 Å². The van der Waals surface area contributed by atoms with E-state index in [0.717, 1.165) is 5.92 Å². The summed E-state index contributed by atoms with van der Waals surface area (Å²) < 4.78 is 0. The number of rotatable bonds is 5. The summed E-state index contributed by atoms with van der Waals surface area (Å²) in [5.41, 5.74) is 3.19. The highest BCUT2D eigenvalue weighted by atomic mass is 32.2. The summed E-state index contributed by atoms with van der Waals surface area (Å²) in [6, 6.07) is 7.82. The van der Waals surface area contributed by atoms with E-state index < -0.39 is 0 Å². The van der Waals surface area contributed by atoms with Gasteiger partial charge in [0.15, 0.2) is 0 Å². The van der Waals surface area contributed by atoms with Crippen molar-refractivity contribution in [3.05, 3.63) is 29.3 Å². The van der Waals surface area contributed by atoms with Crippen LogP contribution < -0.4 is 5.32 Å². The fourth-order valence-electron chi connectivity index (χ4n) is 3.64. The van der Waals surface area contributed by atoms with Crippen molar-refractivity contribution < 1.29 is 0 Å². The summed E-state index contributed by atoms with van der Waals surface area (Å²) >= 11 is 2.04. The third-order valence-electron chi connectivity index (χ3n) is 4.84. The van der Waals surface area contributed by atoms with Crippen LogP contribution in [0, 0.1) is 5.92 Å². The van der Waals surface area contributed by atoms with Crippen LogP contribution in [0.4, 0.5) is 0 Å². The van der Waals surface area contributed by atoms with Crippen LogP contribution in [0.15, 0.2) is 23.1 Å². The van der Waals surface area contributed by atoms with Gasteiger partial charge in [0.2, 0.25) is 0 Å². The molecular formula is C17H25NS. The molecule has 2 aliphatic carbocycles. The van der Waals surface area contributed by atoms with Gasteiger partial charge in [-0.1, -0.05) is 18.9 Å². The fraction of sp³-hybridized carbons (Fsp3) is 0.647. The van der Waals surface area contributed by atoms with Crippen LogP contribution in [-0.4, -0.2) is 18.8 Å². The number of aryl methyl sites for hydroxylation is 2. The average molecular weight is 275 g/mol. The lowest BCUT2D eigenvalue weighted by molar-refractivity contribution is 0.410. The van der Waals surface area contributed by atoms with Crippen LogP contribution >= 0.6 is 11.8 Å². The summed E-state index contributed by atoms with van der Waals surface area (Å²) in [6.07, 6.45) is 9.67. The lowest BCUT2D eigenvalue weighted by Crippen LogP contribution is -2.34. The normalized spacial score (nSPS) is 20.7. The van der Waals surface area contributed by atoms with Gasteiger partial charge in [0, 0.05) is 16.7 Å². The molecule has 0 aliphatic heterocycles. The highest BCUT2D eigenvalue weighted by molar-refractivity contribution is 7.99.